The Labute approximate surface area is 106 Å². The monoisotopic (exact) mass is 243 g/mol. The van der Waals surface area contributed by atoms with Crippen LogP contribution < -0.4 is 5.32 Å². The van der Waals surface area contributed by atoms with Crippen molar-refractivity contribution in [2.45, 2.75) is 59.1 Å². The zero-order valence-corrected chi connectivity index (χ0v) is 11.8. The number of ether oxygens (including phenoxy) is 1. The summed E-state index contributed by atoms with van der Waals surface area (Å²) in [6.45, 7) is 11.0. The molecule has 1 fully saturated rings. The van der Waals surface area contributed by atoms with Crippen LogP contribution in [0.1, 0.15) is 47.0 Å². The molecule has 0 aromatic heterocycles. The van der Waals surface area contributed by atoms with Crippen LogP contribution in [0.3, 0.4) is 0 Å². The summed E-state index contributed by atoms with van der Waals surface area (Å²) in [6, 6.07) is 0.578. The Morgan fingerprint density at radius 2 is 2.12 bits per heavy atom. The molecule has 0 aromatic carbocycles. The van der Waals surface area contributed by atoms with Crippen molar-refractivity contribution in [1.29, 1.82) is 0 Å². The van der Waals surface area contributed by atoms with E-state index in [1.807, 2.05) is 0 Å². The van der Waals surface area contributed by atoms with Gasteiger partial charge in [-0.1, -0.05) is 27.7 Å². The molecule has 1 rings (SSSR count). The second-order valence-corrected chi connectivity index (χ2v) is 6.39. The molecule has 0 aromatic rings. The van der Waals surface area contributed by atoms with E-state index in [4.69, 9.17) is 9.84 Å². The first-order valence-electron chi connectivity index (χ1n) is 6.90. The quantitative estimate of drug-likeness (QED) is 0.751. The predicted molar refractivity (Wildman–Crippen MR) is 71.1 cm³/mol. The predicted octanol–water partition coefficient (Wildman–Crippen LogP) is 2.19. The SMILES string of the molecule is CC(C)C1CC(NCC(C)(C)CCO)CCO1. The minimum Gasteiger partial charge on any atom is -0.396 e. The van der Waals surface area contributed by atoms with Gasteiger partial charge >= 0.3 is 0 Å². The van der Waals surface area contributed by atoms with Crippen molar-refractivity contribution in [2.75, 3.05) is 19.8 Å². The van der Waals surface area contributed by atoms with Gasteiger partial charge in [-0.2, -0.15) is 0 Å². The van der Waals surface area contributed by atoms with E-state index in [1.165, 1.54) is 0 Å². The molecule has 0 radical (unpaired) electrons. The van der Waals surface area contributed by atoms with Gasteiger partial charge in [0.15, 0.2) is 0 Å². The summed E-state index contributed by atoms with van der Waals surface area (Å²) in [7, 11) is 0. The minimum absolute atomic E-state index is 0.181. The number of hydrogen-bond acceptors (Lipinski definition) is 3. The second-order valence-electron chi connectivity index (χ2n) is 6.39. The minimum atomic E-state index is 0.181. The zero-order valence-electron chi connectivity index (χ0n) is 11.8. The third kappa shape index (κ3) is 5.36. The van der Waals surface area contributed by atoms with Gasteiger partial charge in [0, 0.05) is 25.8 Å². The first-order valence-corrected chi connectivity index (χ1v) is 6.90. The van der Waals surface area contributed by atoms with Crippen LogP contribution in [0.15, 0.2) is 0 Å². The van der Waals surface area contributed by atoms with Crippen LogP contribution >= 0.6 is 0 Å². The topological polar surface area (TPSA) is 41.5 Å². The van der Waals surface area contributed by atoms with E-state index in [0.29, 0.717) is 18.1 Å². The Bertz CT molecular complexity index is 216. The summed E-state index contributed by atoms with van der Waals surface area (Å²) in [5.74, 6) is 0.602. The van der Waals surface area contributed by atoms with Gasteiger partial charge < -0.3 is 15.2 Å². The van der Waals surface area contributed by atoms with Gasteiger partial charge in [0.25, 0.3) is 0 Å². The molecule has 0 spiro atoms. The van der Waals surface area contributed by atoms with Crippen molar-refractivity contribution in [3.05, 3.63) is 0 Å². The lowest BCUT2D eigenvalue weighted by Crippen LogP contribution is -2.44. The largest absolute Gasteiger partial charge is 0.396 e. The molecule has 17 heavy (non-hydrogen) atoms. The molecule has 1 heterocycles. The van der Waals surface area contributed by atoms with E-state index < -0.39 is 0 Å². The van der Waals surface area contributed by atoms with E-state index in [9.17, 15) is 0 Å². The molecule has 3 nitrogen and oxygen atoms in total. The molecule has 2 atom stereocenters. The lowest BCUT2D eigenvalue weighted by atomic mass is 9.88. The molecule has 1 aliphatic rings. The molecule has 0 aliphatic carbocycles. The van der Waals surface area contributed by atoms with Crippen molar-refractivity contribution in [1.82, 2.24) is 5.32 Å². The molecule has 0 amide bonds. The van der Waals surface area contributed by atoms with Gasteiger partial charge in [-0.3, -0.25) is 0 Å². The fourth-order valence-corrected chi connectivity index (χ4v) is 2.29. The Hall–Kier alpha value is -0.120. The Morgan fingerprint density at radius 3 is 2.71 bits per heavy atom. The van der Waals surface area contributed by atoms with E-state index in [1.54, 1.807) is 0 Å². The van der Waals surface area contributed by atoms with Crippen molar-refractivity contribution < 1.29 is 9.84 Å². The first-order chi connectivity index (χ1) is 7.94. The van der Waals surface area contributed by atoms with Gasteiger partial charge in [0.05, 0.1) is 6.10 Å². The van der Waals surface area contributed by atoms with Crippen LogP contribution in [-0.4, -0.2) is 37.0 Å². The molecule has 1 saturated heterocycles. The first kappa shape index (κ1) is 14.9. The molecular weight excluding hydrogens is 214 g/mol. The van der Waals surface area contributed by atoms with Crippen molar-refractivity contribution >= 4 is 0 Å². The maximum atomic E-state index is 9.01. The van der Waals surface area contributed by atoms with Crippen LogP contribution in [0.5, 0.6) is 0 Å². The van der Waals surface area contributed by atoms with Gasteiger partial charge in [-0.25, -0.2) is 0 Å². The van der Waals surface area contributed by atoms with Crippen LogP contribution in [0.2, 0.25) is 0 Å². The maximum Gasteiger partial charge on any atom is 0.0612 e. The molecule has 0 bridgehead atoms. The number of aliphatic hydroxyl groups is 1. The van der Waals surface area contributed by atoms with E-state index in [-0.39, 0.29) is 12.0 Å². The summed E-state index contributed by atoms with van der Waals surface area (Å²) in [6.07, 6.45) is 3.49. The molecule has 3 heteroatoms. The molecule has 2 N–H and O–H groups in total. The Kier molecular flexibility index (Phi) is 5.90. The normalized spacial score (nSPS) is 26.5. The second kappa shape index (κ2) is 6.72. The molecular formula is C14H29NO2. The average molecular weight is 243 g/mol. The molecule has 2 unspecified atom stereocenters. The van der Waals surface area contributed by atoms with Gasteiger partial charge in [-0.05, 0) is 30.6 Å². The fourth-order valence-electron chi connectivity index (χ4n) is 2.29. The highest BCUT2D eigenvalue weighted by Gasteiger charge is 2.26. The highest BCUT2D eigenvalue weighted by Crippen LogP contribution is 2.23. The summed E-state index contributed by atoms with van der Waals surface area (Å²) in [4.78, 5) is 0. The van der Waals surface area contributed by atoms with E-state index >= 15 is 0 Å². The Balaban J connectivity index is 2.31. The van der Waals surface area contributed by atoms with E-state index in [0.717, 1.165) is 32.4 Å². The maximum absolute atomic E-state index is 9.01. The fraction of sp³-hybridized carbons (Fsp3) is 1.00. The van der Waals surface area contributed by atoms with Crippen molar-refractivity contribution in [3.63, 3.8) is 0 Å². The number of hydrogen-bond donors (Lipinski definition) is 2. The summed E-state index contributed by atoms with van der Waals surface area (Å²) in [5, 5.41) is 12.6. The third-order valence-electron chi connectivity index (χ3n) is 3.72. The number of nitrogens with one attached hydrogen (secondary N) is 1. The van der Waals surface area contributed by atoms with Crippen LogP contribution in [0.25, 0.3) is 0 Å². The number of aliphatic hydroxyl groups excluding tert-OH is 1. The third-order valence-corrected chi connectivity index (χ3v) is 3.72. The lowest BCUT2D eigenvalue weighted by Gasteiger charge is -2.34. The van der Waals surface area contributed by atoms with Crippen molar-refractivity contribution in [2.24, 2.45) is 11.3 Å². The van der Waals surface area contributed by atoms with E-state index in [2.05, 4.69) is 33.0 Å². The van der Waals surface area contributed by atoms with Crippen LogP contribution in [-0.2, 0) is 4.74 Å². The highest BCUT2D eigenvalue weighted by atomic mass is 16.5. The smallest absolute Gasteiger partial charge is 0.0612 e. The Morgan fingerprint density at radius 1 is 1.41 bits per heavy atom. The summed E-state index contributed by atoms with van der Waals surface area (Å²) >= 11 is 0. The van der Waals surface area contributed by atoms with Gasteiger partial charge in [-0.15, -0.1) is 0 Å². The average Bonchev–Trinajstić information content (AvgIpc) is 2.27. The molecule has 1 aliphatic heterocycles. The van der Waals surface area contributed by atoms with Crippen molar-refractivity contribution in [3.8, 4) is 0 Å². The highest BCUT2D eigenvalue weighted by molar-refractivity contribution is 4.81. The lowest BCUT2D eigenvalue weighted by molar-refractivity contribution is -0.0256. The van der Waals surface area contributed by atoms with Gasteiger partial charge in [0.1, 0.15) is 0 Å². The van der Waals surface area contributed by atoms with Crippen LogP contribution in [0, 0.1) is 11.3 Å². The molecule has 0 saturated carbocycles. The summed E-state index contributed by atoms with van der Waals surface area (Å²) < 4.78 is 5.77. The number of rotatable bonds is 6. The zero-order chi connectivity index (χ0) is 12.9. The molecule has 102 valence electrons. The summed E-state index contributed by atoms with van der Waals surface area (Å²) in [5.41, 5.74) is 0.181. The standard InChI is InChI=1S/C14H29NO2/c1-11(2)13-9-12(5-8-17-13)15-10-14(3,4)6-7-16/h11-13,15-16H,5-10H2,1-4H3. The van der Waals surface area contributed by atoms with Gasteiger partial charge in [0.2, 0.25) is 0 Å². The van der Waals surface area contributed by atoms with Crippen LogP contribution in [0.4, 0.5) is 0 Å².